The fourth-order valence-corrected chi connectivity index (χ4v) is 1.22. The molecule has 15 heavy (non-hydrogen) atoms. The van der Waals surface area contributed by atoms with Gasteiger partial charge in [0.05, 0.1) is 4.91 Å². The number of hydrogen-bond donors (Lipinski definition) is 1. The molecule has 0 heterocycles. The zero-order chi connectivity index (χ0) is 11.4. The molecule has 0 spiro atoms. The molecular weight excluding hydrogens is 220 g/mol. The summed E-state index contributed by atoms with van der Waals surface area (Å²) in [5.74, 6) is -0.348. The summed E-state index contributed by atoms with van der Waals surface area (Å²) in [4.78, 5) is 22.8. The lowest BCUT2D eigenvalue weighted by Crippen LogP contribution is -2.27. The Kier molecular flexibility index (Phi) is 3.62. The van der Waals surface area contributed by atoms with E-state index in [1.807, 2.05) is 0 Å². The molecule has 1 aromatic carbocycles. The molecule has 0 aliphatic carbocycles. The van der Waals surface area contributed by atoms with Crippen LogP contribution in [-0.2, 0) is 4.79 Å². The van der Waals surface area contributed by atoms with E-state index >= 15 is 0 Å². The number of carbonyl (C=O) groups excluding carboxylic acids is 1. The fraction of sp³-hybridized carbons (Fsp3) is 0.222. The zero-order valence-electron chi connectivity index (χ0n) is 8.05. The van der Waals surface area contributed by atoms with Gasteiger partial charge in [0.15, 0.2) is 0 Å². The predicted octanol–water partition coefficient (Wildman–Crippen LogP) is 1.69. The summed E-state index contributed by atoms with van der Waals surface area (Å²) >= 11 is 5.39. The van der Waals surface area contributed by atoms with Gasteiger partial charge in [-0.15, -0.1) is 11.6 Å². The van der Waals surface area contributed by atoms with E-state index in [-0.39, 0.29) is 22.4 Å². The molecule has 1 amide bonds. The van der Waals surface area contributed by atoms with Crippen molar-refractivity contribution in [2.24, 2.45) is 0 Å². The van der Waals surface area contributed by atoms with Gasteiger partial charge in [-0.05, 0) is 12.1 Å². The van der Waals surface area contributed by atoms with Crippen LogP contribution in [0, 0.1) is 4.91 Å². The minimum absolute atomic E-state index is 0.102. The van der Waals surface area contributed by atoms with E-state index < -0.39 is 0 Å². The lowest BCUT2D eigenvalue weighted by atomic mass is 10.2. The minimum Gasteiger partial charge on any atom is -0.314 e. The van der Waals surface area contributed by atoms with Crippen molar-refractivity contribution in [2.45, 2.75) is 0 Å². The second-order valence-corrected chi connectivity index (χ2v) is 3.14. The summed E-state index contributed by atoms with van der Waals surface area (Å²) < 4.78 is 0. The Labute approximate surface area is 91.4 Å². The van der Waals surface area contributed by atoms with E-state index in [1.165, 1.54) is 17.0 Å². The van der Waals surface area contributed by atoms with E-state index in [2.05, 4.69) is 0 Å². The van der Waals surface area contributed by atoms with Crippen molar-refractivity contribution in [1.29, 1.82) is 0 Å². The quantitative estimate of drug-likeness (QED) is 0.634. The molecule has 0 bridgehead atoms. The van der Waals surface area contributed by atoms with Crippen molar-refractivity contribution in [1.82, 2.24) is 0 Å². The van der Waals surface area contributed by atoms with Crippen LogP contribution in [0.5, 0.6) is 0 Å². The van der Waals surface area contributed by atoms with Gasteiger partial charge < -0.3 is 4.90 Å². The highest BCUT2D eigenvalue weighted by Crippen LogP contribution is 2.18. The number of nitrogens with zero attached hydrogens (tertiary/aromatic N) is 2. The highest BCUT2D eigenvalue weighted by Gasteiger charge is 2.13. The Balaban J connectivity index is 2.89. The van der Waals surface area contributed by atoms with Crippen LogP contribution < -0.4 is 4.90 Å². The van der Waals surface area contributed by atoms with E-state index in [4.69, 9.17) is 16.8 Å². The predicted molar refractivity (Wildman–Crippen MR) is 55.6 cm³/mol. The first-order valence-electron chi connectivity index (χ1n) is 4.15. The average Bonchev–Trinajstić information content (AvgIpc) is 2.27. The first-order valence-corrected chi connectivity index (χ1v) is 4.68. The summed E-state index contributed by atoms with van der Waals surface area (Å²) in [6, 6.07) is 5.89. The molecule has 0 saturated heterocycles. The number of amides is 1. The van der Waals surface area contributed by atoms with Crippen molar-refractivity contribution < 1.29 is 14.9 Å². The summed E-state index contributed by atoms with van der Waals surface area (Å²) in [6.45, 7) is 0. The van der Waals surface area contributed by atoms with Crippen LogP contribution in [0.2, 0.25) is 0 Å². The van der Waals surface area contributed by atoms with Gasteiger partial charge in [0.25, 0.3) is 4.92 Å². The summed E-state index contributed by atoms with van der Waals surface area (Å²) in [5.41, 5.74) is 0.705. The standard InChI is InChI=1S/C9H10ClN2O3/c1-11(9(13)6-10)7-2-4-8(5-3-7)12(14)15/h2-5H,6H2,1H3,(H,14,15)/q+1. The van der Waals surface area contributed by atoms with E-state index in [9.17, 15) is 9.70 Å². The number of anilines is 1. The lowest BCUT2D eigenvalue weighted by Gasteiger charge is -2.14. The molecule has 0 fully saturated rings. The third-order valence-electron chi connectivity index (χ3n) is 1.95. The highest BCUT2D eigenvalue weighted by molar-refractivity contribution is 6.29. The molecule has 0 aliphatic rings. The Morgan fingerprint density at radius 3 is 2.40 bits per heavy atom. The molecule has 1 aromatic rings. The molecule has 1 N–H and O–H groups in total. The van der Waals surface area contributed by atoms with Gasteiger partial charge in [-0.1, -0.05) is 0 Å². The molecule has 0 radical (unpaired) electrons. The number of alkyl halides is 1. The summed E-state index contributed by atoms with van der Waals surface area (Å²) in [7, 11) is 1.58. The fourth-order valence-electron chi connectivity index (χ4n) is 1.04. The molecule has 5 nitrogen and oxygen atoms in total. The van der Waals surface area contributed by atoms with Crippen molar-refractivity contribution in [3.05, 3.63) is 29.2 Å². The van der Waals surface area contributed by atoms with Gasteiger partial charge in [0.1, 0.15) is 5.88 Å². The van der Waals surface area contributed by atoms with Crippen LogP contribution in [0.3, 0.4) is 0 Å². The summed E-state index contributed by atoms with van der Waals surface area (Å²) in [5, 5.41) is 8.58. The van der Waals surface area contributed by atoms with E-state index in [0.717, 1.165) is 0 Å². The van der Waals surface area contributed by atoms with Crippen LogP contribution in [0.25, 0.3) is 0 Å². The Hall–Kier alpha value is -1.62. The second kappa shape index (κ2) is 4.75. The smallest absolute Gasteiger partial charge is 0.314 e. The van der Waals surface area contributed by atoms with Crippen molar-refractivity contribution in [3.8, 4) is 0 Å². The molecule has 0 unspecified atom stereocenters. The molecule has 1 rings (SSSR count). The first-order chi connectivity index (χ1) is 7.06. The average molecular weight is 230 g/mol. The van der Waals surface area contributed by atoms with Crippen LogP contribution in [-0.4, -0.2) is 29.0 Å². The lowest BCUT2D eigenvalue weighted by molar-refractivity contribution is -0.729. The SMILES string of the molecule is CN(C(=O)CCl)c1ccc([N+](=O)O)cc1. The van der Waals surface area contributed by atoms with Crippen molar-refractivity contribution in [2.75, 3.05) is 17.8 Å². The number of hydrogen-bond acceptors (Lipinski definition) is 2. The van der Waals surface area contributed by atoms with Crippen LogP contribution in [0.1, 0.15) is 0 Å². The van der Waals surface area contributed by atoms with Gasteiger partial charge >= 0.3 is 5.69 Å². The molecule has 0 aliphatic heterocycles. The Morgan fingerprint density at radius 1 is 1.47 bits per heavy atom. The first kappa shape index (κ1) is 11.5. The maximum atomic E-state index is 11.2. The van der Waals surface area contributed by atoms with Gasteiger partial charge in [-0.25, -0.2) is 5.21 Å². The van der Waals surface area contributed by atoms with E-state index in [0.29, 0.717) is 5.69 Å². The van der Waals surface area contributed by atoms with Crippen LogP contribution in [0.4, 0.5) is 11.4 Å². The van der Waals surface area contributed by atoms with Gasteiger partial charge in [0.2, 0.25) is 5.91 Å². The third kappa shape index (κ3) is 2.66. The maximum absolute atomic E-state index is 11.2. The number of halogens is 1. The molecule has 0 atom stereocenters. The number of benzene rings is 1. The largest absolute Gasteiger partial charge is 0.316 e. The monoisotopic (exact) mass is 229 g/mol. The zero-order valence-corrected chi connectivity index (χ0v) is 8.81. The molecule has 80 valence electrons. The second-order valence-electron chi connectivity index (χ2n) is 2.88. The maximum Gasteiger partial charge on any atom is 0.316 e. The molecular formula is C9H10ClN2O3+. The Bertz CT molecular complexity index is 377. The van der Waals surface area contributed by atoms with Crippen molar-refractivity contribution in [3.63, 3.8) is 0 Å². The van der Waals surface area contributed by atoms with Crippen LogP contribution >= 0.6 is 11.6 Å². The normalized spacial score (nSPS) is 9.73. The minimum atomic E-state index is -0.243. The van der Waals surface area contributed by atoms with Gasteiger partial charge in [-0.3, -0.25) is 4.79 Å². The third-order valence-corrected chi connectivity index (χ3v) is 2.17. The number of carbonyl (C=O) groups is 1. The summed E-state index contributed by atoms with van der Waals surface area (Å²) in [6.07, 6.45) is 0. The van der Waals surface area contributed by atoms with Gasteiger partial charge in [0, 0.05) is 24.9 Å². The Morgan fingerprint density at radius 2 is 2.00 bits per heavy atom. The van der Waals surface area contributed by atoms with E-state index in [1.54, 1.807) is 19.2 Å². The molecule has 0 saturated carbocycles. The highest BCUT2D eigenvalue weighted by atomic mass is 35.5. The van der Waals surface area contributed by atoms with Gasteiger partial charge in [-0.2, -0.15) is 0 Å². The van der Waals surface area contributed by atoms with Crippen molar-refractivity contribution >= 4 is 28.9 Å². The topological polar surface area (TPSA) is 60.6 Å². The molecule has 0 aromatic heterocycles. The molecule has 6 heteroatoms. The van der Waals surface area contributed by atoms with Crippen LogP contribution in [0.15, 0.2) is 24.3 Å². The number of rotatable bonds is 3.